The number of nitrogens with zero attached hydrogens (tertiary/aromatic N) is 3. The van der Waals surface area contributed by atoms with Crippen molar-refractivity contribution in [2.75, 3.05) is 6.61 Å². The Kier molecular flexibility index (Phi) is 10.2. The number of carbonyl (C=O) groups excluding carboxylic acids is 1. The van der Waals surface area contributed by atoms with Crippen LogP contribution < -0.4 is 0 Å². The van der Waals surface area contributed by atoms with Crippen molar-refractivity contribution < 1.29 is 47.9 Å². The third-order valence-electron chi connectivity index (χ3n) is 18.4. The van der Waals surface area contributed by atoms with Gasteiger partial charge in [0.05, 0.1) is 24.8 Å². The number of esters is 1. The van der Waals surface area contributed by atoms with E-state index in [2.05, 4.69) is 58.4 Å². The van der Waals surface area contributed by atoms with Crippen LogP contribution in [0.5, 0.6) is 0 Å². The third-order valence-corrected chi connectivity index (χ3v) is 18.4. The molecule has 1 N–H and O–H groups in total. The molecule has 5 saturated carbocycles. The SMILES string of the molecule is C=C(C)[C@@H]1CC[C@]2(C(=O)O)CC[C@]3(C)[C@H](CC[C@@H]4[C@@]5(C)CC[C@H](OC(=O)Cn6cc(CO[C@@H]7[C@H]8OC(C)(C)O[C@H]8O[C@@H]7[C@H]7COC(C)(C)O7)nn6)C(C)(C)[C@@H]5CC[C@]43C)[C@@H]12. The number of allylic oxidation sites excluding steroid dienone is 1. The van der Waals surface area contributed by atoms with Crippen LogP contribution in [-0.4, -0.2) is 87.0 Å². The number of rotatable bonds is 9. The Bertz CT molecular complexity index is 1880. The molecule has 1 aromatic rings. The summed E-state index contributed by atoms with van der Waals surface area (Å²) in [6.07, 6.45) is 8.92. The number of aromatic nitrogens is 3. The van der Waals surface area contributed by atoms with Gasteiger partial charge in [-0.15, -0.1) is 5.10 Å². The predicted molar refractivity (Wildman–Crippen MR) is 219 cm³/mol. The van der Waals surface area contributed by atoms with Crippen LogP contribution >= 0.6 is 0 Å². The second-order valence-corrected chi connectivity index (χ2v) is 22.6. The van der Waals surface area contributed by atoms with Crippen molar-refractivity contribution >= 4 is 11.9 Å². The second kappa shape index (κ2) is 14.3. The van der Waals surface area contributed by atoms with Crippen LogP contribution in [0.1, 0.15) is 139 Å². The van der Waals surface area contributed by atoms with Crippen molar-refractivity contribution in [1.82, 2.24) is 15.0 Å². The predicted octanol–water partition coefficient (Wildman–Crippen LogP) is 7.85. The van der Waals surface area contributed by atoms with E-state index < -0.39 is 47.6 Å². The van der Waals surface area contributed by atoms with Gasteiger partial charge in [0.15, 0.2) is 17.9 Å². The van der Waals surface area contributed by atoms with E-state index in [1.165, 1.54) is 10.3 Å². The summed E-state index contributed by atoms with van der Waals surface area (Å²) in [5.74, 6) is -0.655. The summed E-state index contributed by atoms with van der Waals surface area (Å²) in [6.45, 7) is 26.7. The highest BCUT2D eigenvalue weighted by Gasteiger charge is 2.72. The van der Waals surface area contributed by atoms with E-state index in [1.807, 2.05) is 27.7 Å². The fourth-order valence-electron chi connectivity index (χ4n) is 15.6. The number of aliphatic carboxylic acids is 1. The highest BCUT2D eigenvalue weighted by Crippen LogP contribution is 2.77. The Hall–Kier alpha value is -2.42. The molecule has 5 aliphatic carbocycles. The van der Waals surface area contributed by atoms with Gasteiger partial charge in [-0.05, 0) is 145 Å². The van der Waals surface area contributed by atoms with E-state index in [1.54, 1.807) is 6.20 Å². The number of ether oxygens (including phenoxy) is 7. The summed E-state index contributed by atoms with van der Waals surface area (Å²) in [7, 11) is 0. The number of hydrogen-bond donors (Lipinski definition) is 1. The standard InChI is InChI=1S/C47H71N3O10/c1-26(2)28-14-19-47(40(52)53)21-20-45(10)29(35(28)47)12-13-32-44(9)17-16-33(41(3,4)31(44)15-18-46(32,45)11)56-34(51)23-50-22-27(48-49-50)24-54-37-36(30-25-55-42(5,6)58-30)57-39-38(37)59-43(7,8)60-39/h22,28-33,35-39H,1,12-21,23-25H2,2-11H3,(H,52,53)/t28-,29+,30+,31-,32+,33-,35+,36+,37-,38+,39+,44-,45+,46+,47-/m0/s1. The molecule has 15 atom stereocenters. The van der Waals surface area contributed by atoms with Crippen molar-refractivity contribution in [3.05, 3.63) is 24.0 Å². The zero-order valence-corrected chi connectivity index (χ0v) is 37.8. The van der Waals surface area contributed by atoms with Crippen LogP contribution in [-0.2, 0) is 55.9 Å². The van der Waals surface area contributed by atoms with E-state index in [0.29, 0.717) is 30.1 Å². The maximum atomic E-state index is 13.7. The minimum absolute atomic E-state index is 0.0422. The molecule has 8 fully saturated rings. The maximum Gasteiger partial charge on any atom is 0.328 e. The summed E-state index contributed by atoms with van der Waals surface area (Å²) < 4.78 is 44.8. The molecule has 13 heteroatoms. The Morgan fingerprint density at radius 3 is 2.33 bits per heavy atom. The van der Waals surface area contributed by atoms with Crippen molar-refractivity contribution in [3.8, 4) is 0 Å². The first-order valence-corrected chi connectivity index (χ1v) is 23.0. The molecule has 9 rings (SSSR count). The van der Waals surface area contributed by atoms with Gasteiger partial charge in [-0.25, -0.2) is 4.68 Å². The highest BCUT2D eigenvalue weighted by molar-refractivity contribution is 5.76. The van der Waals surface area contributed by atoms with Gasteiger partial charge >= 0.3 is 11.9 Å². The van der Waals surface area contributed by atoms with Gasteiger partial charge in [0.25, 0.3) is 0 Å². The molecule has 334 valence electrons. The average Bonchev–Trinajstić information content (AvgIpc) is 3.97. The van der Waals surface area contributed by atoms with Gasteiger partial charge in [-0.1, -0.05) is 52.0 Å². The quantitative estimate of drug-likeness (QED) is 0.191. The van der Waals surface area contributed by atoms with Gasteiger partial charge in [0.2, 0.25) is 0 Å². The van der Waals surface area contributed by atoms with Crippen LogP contribution in [0.15, 0.2) is 18.3 Å². The number of hydrogen-bond acceptors (Lipinski definition) is 11. The zero-order valence-electron chi connectivity index (χ0n) is 37.8. The van der Waals surface area contributed by atoms with Crippen LogP contribution in [0.25, 0.3) is 0 Å². The van der Waals surface area contributed by atoms with E-state index in [9.17, 15) is 14.7 Å². The summed E-state index contributed by atoms with van der Waals surface area (Å²) in [5.41, 5.74) is 1.19. The van der Waals surface area contributed by atoms with Crippen LogP contribution in [0.4, 0.5) is 0 Å². The molecule has 1 aromatic heterocycles. The van der Waals surface area contributed by atoms with E-state index in [4.69, 9.17) is 33.2 Å². The third kappa shape index (κ3) is 6.50. The van der Waals surface area contributed by atoms with Gasteiger partial charge in [-0.2, -0.15) is 0 Å². The average molecular weight is 838 g/mol. The van der Waals surface area contributed by atoms with Crippen molar-refractivity contribution in [1.29, 1.82) is 0 Å². The molecule has 0 spiro atoms. The molecule has 0 bridgehead atoms. The van der Waals surface area contributed by atoms with E-state index in [-0.39, 0.29) is 64.8 Å². The first kappa shape index (κ1) is 42.9. The molecular formula is C47H71N3O10. The molecule has 13 nitrogen and oxygen atoms in total. The van der Waals surface area contributed by atoms with Crippen LogP contribution in [0, 0.1) is 56.7 Å². The van der Waals surface area contributed by atoms with Crippen molar-refractivity contribution in [3.63, 3.8) is 0 Å². The summed E-state index contributed by atoms with van der Waals surface area (Å²) in [4.78, 5) is 26.7. The van der Waals surface area contributed by atoms with Crippen molar-refractivity contribution in [2.45, 2.75) is 195 Å². The smallest absolute Gasteiger partial charge is 0.328 e. The Morgan fingerprint density at radius 2 is 1.63 bits per heavy atom. The second-order valence-electron chi connectivity index (χ2n) is 22.6. The fraction of sp³-hybridized carbons (Fsp3) is 0.872. The summed E-state index contributed by atoms with van der Waals surface area (Å²) in [5, 5.41) is 19.3. The molecule has 0 unspecified atom stereocenters. The number of carboxylic acids is 1. The van der Waals surface area contributed by atoms with Gasteiger partial charge in [0, 0.05) is 5.41 Å². The lowest BCUT2D eigenvalue weighted by atomic mass is 9.32. The lowest BCUT2D eigenvalue weighted by Crippen LogP contribution is -2.67. The Labute approximate surface area is 356 Å². The van der Waals surface area contributed by atoms with Gasteiger partial charge in [0.1, 0.15) is 42.8 Å². The molecule has 4 heterocycles. The minimum atomic E-state index is -0.808. The number of fused-ring (bicyclic) bond motifs is 8. The lowest BCUT2D eigenvalue weighted by molar-refractivity contribution is -0.250. The first-order valence-electron chi connectivity index (χ1n) is 23.0. The van der Waals surface area contributed by atoms with Crippen LogP contribution in [0.3, 0.4) is 0 Å². The topological polar surface area (TPSA) is 150 Å². The fourth-order valence-corrected chi connectivity index (χ4v) is 15.6. The first-order chi connectivity index (χ1) is 28.0. The lowest BCUT2D eigenvalue weighted by Gasteiger charge is -2.72. The Morgan fingerprint density at radius 1 is 0.867 bits per heavy atom. The highest BCUT2D eigenvalue weighted by atomic mass is 16.8. The maximum absolute atomic E-state index is 13.7. The molecule has 8 aliphatic rings. The largest absolute Gasteiger partial charge is 0.481 e. The Balaban J connectivity index is 0.843. The molecule has 0 radical (unpaired) electrons. The van der Waals surface area contributed by atoms with Crippen LogP contribution in [0.2, 0.25) is 0 Å². The monoisotopic (exact) mass is 838 g/mol. The van der Waals surface area contributed by atoms with E-state index in [0.717, 1.165) is 64.2 Å². The molecule has 3 aliphatic heterocycles. The molecule has 0 aromatic carbocycles. The summed E-state index contributed by atoms with van der Waals surface area (Å²) in [6, 6.07) is 0. The number of carboxylic acid groups (broad SMARTS) is 1. The normalized spacial score (nSPS) is 47.1. The molecule has 0 amide bonds. The van der Waals surface area contributed by atoms with Gasteiger partial charge in [-0.3, -0.25) is 9.59 Å². The molecule has 60 heavy (non-hydrogen) atoms. The van der Waals surface area contributed by atoms with E-state index >= 15 is 0 Å². The zero-order chi connectivity index (χ0) is 43.0. The minimum Gasteiger partial charge on any atom is -0.481 e. The van der Waals surface area contributed by atoms with Crippen molar-refractivity contribution in [2.24, 2.45) is 56.7 Å². The molecule has 3 saturated heterocycles. The van der Waals surface area contributed by atoms with Gasteiger partial charge < -0.3 is 38.3 Å². The molecular weight excluding hydrogens is 767 g/mol. The number of carbonyl (C=O) groups is 2. The summed E-state index contributed by atoms with van der Waals surface area (Å²) >= 11 is 0.